The van der Waals surface area contributed by atoms with E-state index < -0.39 is 0 Å². The first-order valence-corrected chi connectivity index (χ1v) is 6.95. The van der Waals surface area contributed by atoms with Gasteiger partial charge in [-0.3, -0.25) is 4.79 Å². The van der Waals surface area contributed by atoms with Crippen molar-refractivity contribution in [3.05, 3.63) is 78.6 Å². The quantitative estimate of drug-likeness (QED) is 0.803. The van der Waals surface area contributed by atoms with Crippen molar-refractivity contribution < 1.29 is 9.90 Å². The molecule has 2 aromatic carbocycles. The van der Waals surface area contributed by atoms with Crippen LogP contribution in [-0.2, 0) is 0 Å². The number of aromatic hydroxyl groups is 1. The third kappa shape index (κ3) is 2.72. The van der Waals surface area contributed by atoms with Crippen LogP contribution in [-0.4, -0.2) is 22.6 Å². The molecular weight excluding hydrogens is 276 g/mol. The van der Waals surface area contributed by atoms with Gasteiger partial charge in [-0.15, -0.1) is 0 Å². The number of hydrogen-bond donors (Lipinski definition) is 1. The number of carbonyl (C=O) groups is 1. The van der Waals surface area contributed by atoms with Gasteiger partial charge in [-0.1, -0.05) is 0 Å². The fourth-order valence-corrected chi connectivity index (χ4v) is 2.27. The maximum atomic E-state index is 12.5. The Morgan fingerprint density at radius 3 is 2.14 bits per heavy atom. The summed E-state index contributed by atoms with van der Waals surface area (Å²) in [7, 11) is 1.72. The Labute approximate surface area is 128 Å². The summed E-state index contributed by atoms with van der Waals surface area (Å²) >= 11 is 0. The molecule has 0 saturated carbocycles. The number of amides is 1. The Balaban J connectivity index is 1.81. The number of anilines is 1. The zero-order valence-electron chi connectivity index (χ0n) is 12.2. The molecule has 4 nitrogen and oxygen atoms in total. The highest BCUT2D eigenvalue weighted by molar-refractivity contribution is 6.05. The van der Waals surface area contributed by atoms with Crippen molar-refractivity contribution in [2.75, 3.05) is 11.9 Å². The number of rotatable bonds is 3. The van der Waals surface area contributed by atoms with Crippen molar-refractivity contribution in [3.8, 4) is 11.4 Å². The molecule has 0 bridgehead atoms. The highest BCUT2D eigenvalue weighted by Gasteiger charge is 2.13. The second-order valence-corrected chi connectivity index (χ2v) is 5.02. The fraction of sp³-hybridized carbons (Fsp3) is 0.0556. The Kier molecular flexibility index (Phi) is 3.66. The van der Waals surface area contributed by atoms with Crippen LogP contribution in [0.4, 0.5) is 5.69 Å². The van der Waals surface area contributed by atoms with Crippen LogP contribution in [0.15, 0.2) is 73.1 Å². The van der Waals surface area contributed by atoms with Gasteiger partial charge in [0.05, 0.1) is 0 Å². The van der Waals surface area contributed by atoms with Crippen molar-refractivity contribution in [1.29, 1.82) is 0 Å². The van der Waals surface area contributed by atoms with Crippen LogP contribution in [0.25, 0.3) is 5.69 Å². The molecule has 3 rings (SSSR count). The molecule has 4 heteroatoms. The Morgan fingerprint density at radius 1 is 0.955 bits per heavy atom. The lowest BCUT2D eigenvalue weighted by atomic mass is 10.1. The SMILES string of the molecule is CN(C(=O)c1ccc(-n2cccc2)cc1)c1ccc(O)cc1. The third-order valence-corrected chi connectivity index (χ3v) is 3.56. The monoisotopic (exact) mass is 292 g/mol. The van der Waals surface area contributed by atoms with Crippen molar-refractivity contribution in [2.24, 2.45) is 0 Å². The second kappa shape index (κ2) is 5.77. The molecule has 1 amide bonds. The second-order valence-electron chi connectivity index (χ2n) is 5.02. The van der Waals surface area contributed by atoms with Crippen LogP contribution in [0.1, 0.15) is 10.4 Å². The molecule has 3 aromatic rings. The predicted molar refractivity (Wildman–Crippen MR) is 86.6 cm³/mol. The van der Waals surface area contributed by atoms with Gasteiger partial charge < -0.3 is 14.6 Å². The van der Waals surface area contributed by atoms with Crippen LogP contribution in [0.3, 0.4) is 0 Å². The minimum absolute atomic E-state index is 0.0928. The summed E-state index contributed by atoms with van der Waals surface area (Å²) in [6, 6.07) is 17.9. The summed E-state index contributed by atoms with van der Waals surface area (Å²) in [5.41, 5.74) is 2.36. The van der Waals surface area contributed by atoms with Gasteiger partial charge in [-0.05, 0) is 60.7 Å². The molecule has 1 heterocycles. The van der Waals surface area contributed by atoms with Gasteiger partial charge in [0.1, 0.15) is 5.75 Å². The average Bonchev–Trinajstić information content (AvgIpc) is 3.09. The largest absolute Gasteiger partial charge is 0.508 e. The molecule has 110 valence electrons. The van der Waals surface area contributed by atoms with E-state index in [0.29, 0.717) is 5.56 Å². The number of carbonyl (C=O) groups excluding carboxylic acids is 1. The van der Waals surface area contributed by atoms with E-state index in [1.807, 2.05) is 53.4 Å². The first-order chi connectivity index (χ1) is 10.6. The average molecular weight is 292 g/mol. The minimum Gasteiger partial charge on any atom is -0.508 e. The van der Waals surface area contributed by atoms with Crippen LogP contribution in [0, 0.1) is 0 Å². The Morgan fingerprint density at radius 2 is 1.55 bits per heavy atom. The topological polar surface area (TPSA) is 45.5 Å². The Hall–Kier alpha value is -3.01. The fourth-order valence-electron chi connectivity index (χ4n) is 2.27. The number of phenolic OH excluding ortho intramolecular Hbond substituents is 1. The van der Waals surface area contributed by atoms with Gasteiger partial charge in [-0.25, -0.2) is 0 Å². The molecule has 1 N–H and O–H groups in total. The van der Waals surface area contributed by atoms with Gasteiger partial charge in [-0.2, -0.15) is 0 Å². The molecule has 0 atom stereocenters. The molecule has 0 fully saturated rings. The van der Waals surface area contributed by atoms with E-state index in [2.05, 4.69) is 0 Å². The maximum Gasteiger partial charge on any atom is 0.258 e. The molecule has 22 heavy (non-hydrogen) atoms. The molecule has 1 aromatic heterocycles. The van der Waals surface area contributed by atoms with Crippen molar-refractivity contribution in [2.45, 2.75) is 0 Å². The lowest BCUT2D eigenvalue weighted by Crippen LogP contribution is -2.26. The summed E-state index contributed by atoms with van der Waals surface area (Å²) < 4.78 is 1.98. The third-order valence-electron chi connectivity index (χ3n) is 3.56. The highest BCUT2D eigenvalue weighted by Crippen LogP contribution is 2.19. The van der Waals surface area contributed by atoms with E-state index in [-0.39, 0.29) is 11.7 Å². The zero-order valence-corrected chi connectivity index (χ0v) is 12.2. The summed E-state index contributed by atoms with van der Waals surface area (Å²) in [5.74, 6) is 0.0884. The van der Waals surface area contributed by atoms with Gasteiger partial charge in [0.15, 0.2) is 0 Å². The van der Waals surface area contributed by atoms with Crippen LogP contribution < -0.4 is 4.90 Å². The lowest BCUT2D eigenvalue weighted by Gasteiger charge is -2.17. The van der Waals surface area contributed by atoms with E-state index in [4.69, 9.17) is 0 Å². The molecule has 0 aliphatic rings. The maximum absolute atomic E-state index is 12.5. The number of benzene rings is 2. The highest BCUT2D eigenvalue weighted by atomic mass is 16.3. The minimum atomic E-state index is -0.0928. The number of aromatic nitrogens is 1. The first-order valence-electron chi connectivity index (χ1n) is 6.95. The van der Waals surface area contributed by atoms with E-state index in [0.717, 1.165) is 11.4 Å². The van der Waals surface area contributed by atoms with Crippen LogP contribution >= 0.6 is 0 Å². The van der Waals surface area contributed by atoms with Gasteiger partial charge in [0, 0.05) is 36.4 Å². The van der Waals surface area contributed by atoms with Crippen molar-refractivity contribution >= 4 is 11.6 Å². The van der Waals surface area contributed by atoms with Gasteiger partial charge in [0.25, 0.3) is 5.91 Å². The molecule has 0 saturated heterocycles. The van der Waals surface area contributed by atoms with E-state index in [9.17, 15) is 9.90 Å². The zero-order chi connectivity index (χ0) is 15.5. The van der Waals surface area contributed by atoms with E-state index >= 15 is 0 Å². The van der Waals surface area contributed by atoms with Gasteiger partial charge in [0.2, 0.25) is 0 Å². The van der Waals surface area contributed by atoms with E-state index in [1.54, 1.807) is 36.2 Å². The number of nitrogens with zero attached hydrogens (tertiary/aromatic N) is 2. The first kappa shape index (κ1) is 13.9. The number of phenols is 1. The molecule has 0 aliphatic carbocycles. The summed E-state index contributed by atoms with van der Waals surface area (Å²) in [6.07, 6.45) is 3.92. The number of hydrogen-bond acceptors (Lipinski definition) is 2. The lowest BCUT2D eigenvalue weighted by molar-refractivity contribution is 0.0993. The molecule has 0 unspecified atom stereocenters. The molecule has 0 radical (unpaired) electrons. The van der Waals surface area contributed by atoms with Crippen LogP contribution in [0.5, 0.6) is 5.75 Å². The van der Waals surface area contributed by atoms with Crippen molar-refractivity contribution in [1.82, 2.24) is 4.57 Å². The molecule has 0 aliphatic heterocycles. The van der Waals surface area contributed by atoms with Gasteiger partial charge >= 0.3 is 0 Å². The van der Waals surface area contributed by atoms with Crippen LogP contribution in [0.2, 0.25) is 0 Å². The molecule has 0 spiro atoms. The smallest absolute Gasteiger partial charge is 0.258 e. The van der Waals surface area contributed by atoms with Crippen molar-refractivity contribution in [3.63, 3.8) is 0 Å². The summed E-state index contributed by atoms with van der Waals surface area (Å²) in [6.45, 7) is 0. The van der Waals surface area contributed by atoms with E-state index in [1.165, 1.54) is 0 Å². The summed E-state index contributed by atoms with van der Waals surface area (Å²) in [5, 5.41) is 9.31. The standard InChI is InChI=1S/C18H16N2O2/c1-19(15-8-10-17(21)11-9-15)18(22)14-4-6-16(7-5-14)20-12-2-3-13-20/h2-13,21H,1H3. The molecular formula is C18H16N2O2. The predicted octanol–water partition coefficient (Wildman–Crippen LogP) is 3.46. The Bertz CT molecular complexity index is 760. The summed E-state index contributed by atoms with van der Waals surface area (Å²) in [4.78, 5) is 14.0. The normalized spacial score (nSPS) is 10.4.